The molecular formula is C11H16N4O3. The van der Waals surface area contributed by atoms with Gasteiger partial charge in [-0.2, -0.15) is 0 Å². The van der Waals surface area contributed by atoms with Gasteiger partial charge in [-0.15, -0.1) is 0 Å². The molecule has 0 saturated heterocycles. The average Bonchev–Trinajstić information content (AvgIpc) is 2.26. The number of carbonyl (C=O) groups is 2. The number of aliphatic hydroxyl groups is 1. The second-order valence-electron chi connectivity index (χ2n) is 3.93. The number of primary amides is 2. The Hall–Kier alpha value is -2.15. The standard InChI is InChI=1S/C11H16N4O3/c1-7-2-8(6-16)3-14-11(7)15(4-9(12)17)5-10(13)18/h2-3,16H,4-6H2,1H3,(H2,12,17)(H2,13,18). The molecule has 5 N–H and O–H groups in total. The maximum absolute atomic E-state index is 11.0. The van der Waals surface area contributed by atoms with Crippen molar-refractivity contribution in [3.05, 3.63) is 23.4 Å². The van der Waals surface area contributed by atoms with Gasteiger partial charge in [0.2, 0.25) is 11.8 Å². The molecule has 7 heteroatoms. The van der Waals surface area contributed by atoms with Gasteiger partial charge < -0.3 is 21.5 Å². The molecule has 1 aromatic heterocycles. The number of carbonyl (C=O) groups excluding carboxylic acids is 2. The lowest BCUT2D eigenvalue weighted by Crippen LogP contribution is -2.40. The average molecular weight is 252 g/mol. The van der Waals surface area contributed by atoms with Crippen LogP contribution < -0.4 is 16.4 Å². The molecule has 0 atom stereocenters. The summed E-state index contributed by atoms with van der Waals surface area (Å²) in [6.45, 7) is 1.35. The van der Waals surface area contributed by atoms with Crippen LogP contribution >= 0.6 is 0 Å². The number of pyridine rings is 1. The molecule has 0 aromatic carbocycles. The number of amides is 2. The molecule has 0 fully saturated rings. The van der Waals surface area contributed by atoms with E-state index in [1.54, 1.807) is 13.0 Å². The summed E-state index contributed by atoms with van der Waals surface area (Å²) in [6, 6.07) is 1.72. The summed E-state index contributed by atoms with van der Waals surface area (Å²) in [5, 5.41) is 8.98. The number of anilines is 1. The van der Waals surface area contributed by atoms with Crippen LogP contribution in [0.25, 0.3) is 0 Å². The second-order valence-corrected chi connectivity index (χ2v) is 3.93. The molecule has 0 aliphatic rings. The van der Waals surface area contributed by atoms with E-state index in [-0.39, 0.29) is 19.7 Å². The minimum atomic E-state index is -0.580. The number of nitrogens with zero attached hydrogens (tertiary/aromatic N) is 2. The summed E-state index contributed by atoms with van der Waals surface area (Å²) in [7, 11) is 0. The first-order valence-corrected chi connectivity index (χ1v) is 5.32. The smallest absolute Gasteiger partial charge is 0.237 e. The Morgan fingerprint density at radius 2 is 1.89 bits per heavy atom. The molecule has 98 valence electrons. The van der Waals surface area contributed by atoms with Gasteiger partial charge in [0, 0.05) is 6.20 Å². The molecular weight excluding hydrogens is 236 g/mol. The van der Waals surface area contributed by atoms with Crippen molar-refractivity contribution in [2.75, 3.05) is 18.0 Å². The third-order valence-electron chi connectivity index (χ3n) is 2.28. The predicted molar refractivity (Wildman–Crippen MR) is 65.5 cm³/mol. The SMILES string of the molecule is Cc1cc(CO)cnc1N(CC(N)=O)CC(N)=O. The molecule has 1 heterocycles. The molecule has 0 saturated carbocycles. The zero-order valence-corrected chi connectivity index (χ0v) is 10.1. The van der Waals surface area contributed by atoms with Crippen LogP contribution in [-0.4, -0.2) is 35.0 Å². The topological polar surface area (TPSA) is 123 Å². The van der Waals surface area contributed by atoms with Crippen LogP contribution in [0.3, 0.4) is 0 Å². The zero-order chi connectivity index (χ0) is 13.7. The molecule has 18 heavy (non-hydrogen) atoms. The number of hydrogen-bond donors (Lipinski definition) is 3. The molecule has 0 radical (unpaired) electrons. The lowest BCUT2D eigenvalue weighted by atomic mass is 10.2. The molecule has 0 bridgehead atoms. The van der Waals surface area contributed by atoms with E-state index in [0.29, 0.717) is 11.4 Å². The fourth-order valence-electron chi connectivity index (χ4n) is 1.63. The van der Waals surface area contributed by atoms with Crippen LogP contribution in [0.2, 0.25) is 0 Å². The number of nitrogens with two attached hydrogens (primary N) is 2. The molecule has 0 unspecified atom stereocenters. The number of rotatable bonds is 6. The van der Waals surface area contributed by atoms with Crippen LogP contribution in [0.1, 0.15) is 11.1 Å². The van der Waals surface area contributed by atoms with E-state index in [2.05, 4.69) is 4.98 Å². The summed E-state index contributed by atoms with van der Waals surface area (Å²) in [6.07, 6.45) is 1.47. The highest BCUT2D eigenvalue weighted by Crippen LogP contribution is 2.17. The van der Waals surface area contributed by atoms with Crippen molar-refractivity contribution in [1.29, 1.82) is 0 Å². The molecule has 1 aromatic rings. The van der Waals surface area contributed by atoms with Crippen LogP contribution in [0.15, 0.2) is 12.3 Å². The van der Waals surface area contributed by atoms with E-state index in [0.717, 1.165) is 5.56 Å². The lowest BCUT2D eigenvalue weighted by Gasteiger charge is -2.22. The van der Waals surface area contributed by atoms with Crippen molar-refractivity contribution in [3.63, 3.8) is 0 Å². The van der Waals surface area contributed by atoms with Gasteiger partial charge in [-0.25, -0.2) is 4.98 Å². The first-order valence-electron chi connectivity index (χ1n) is 5.32. The molecule has 2 amide bonds. The second kappa shape index (κ2) is 5.97. The van der Waals surface area contributed by atoms with E-state index in [9.17, 15) is 9.59 Å². The van der Waals surface area contributed by atoms with Crippen LogP contribution in [0, 0.1) is 6.92 Å². The Morgan fingerprint density at radius 1 is 1.33 bits per heavy atom. The number of aromatic nitrogens is 1. The highest BCUT2D eigenvalue weighted by Gasteiger charge is 2.15. The van der Waals surface area contributed by atoms with E-state index < -0.39 is 11.8 Å². The van der Waals surface area contributed by atoms with E-state index in [1.165, 1.54) is 11.1 Å². The van der Waals surface area contributed by atoms with Crippen molar-refractivity contribution in [2.45, 2.75) is 13.5 Å². The van der Waals surface area contributed by atoms with Gasteiger partial charge in [0.15, 0.2) is 0 Å². The van der Waals surface area contributed by atoms with E-state index >= 15 is 0 Å². The highest BCUT2D eigenvalue weighted by atomic mass is 16.3. The zero-order valence-electron chi connectivity index (χ0n) is 10.1. The summed E-state index contributed by atoms with van der Waals surface area (Å²) < 4.78 is 0. The Morgan fingerprint density at radius 3 is 2.28 bits per heavy atom. The first-order chi connectivity index (χ1) is 8.43. The summed E-state index contributed by atoms with van der Waals surface area (Å²) >= 11 is 0. The van der Waals surface area contributed by atoms with Gasteiger partial charge in [0.25, 0.3) is 0 Å². The van der Waals surface area contributed by atoms with E-state index in [1.807, 2.05) is 0 Å². The van der Waals surface area contributed by atoms with Crippen LogP contribution in [0.4, 0.5) is 5.82 Å². The van der Waals surface area contributed by atoms with E-state index in [4.69, 9.17) is 16.6 Å². The van der Waals surface area contributed by atoms with Crippen molar-refractivity contribution in [1.82, 2.24) is 4.98 Å². The molecule has 0 aliphatic carbocycles. The lowest BCUT2D eigenvalue weighted by molar-refractivity contribution is -0.117. The van der Waals surface area contributed by atoms with Crippen molar-refractivity contribution < 1.29 is 14.7 Å². The van der Waals surface area contributed by atoms with Gasteiger partial charge in [-0.05, 0) is 24.1 Å². The summed E-state index contributed by atoms with van der Waals surface area (Å²) in [5.74, 6) is -0.711. The minimum absolute atomic E-state index is 0.125. The molecule has 0 aliphatic heterocycles. The van der Waals surface area contributed by atoms with Gasteiger partial charge in [-0.1, -0.05) is 0 Å². The maximum Gasteiger partial charge on any atom is 0.237 e. The fourth-order valence-corrected chi connectivity index (χ4v) is 1.63. The van der Waals surface area contributed by atoms with Crippen molar-refractivity contribution in [3.8, 4) is 0 Å². The third-order valence-corrected chi connectivity index (χ3v) is 2.28. The molecule has 0 spiro atoms. The Kier molecular flexibility index (Phi) is 4.61. The van der Waals surface area contributed by atoms with Gasteiger partial charge >= 0.3 is 0 Å². The molecule has 1 rings (SSSR count). The van der Waals surface area contributed by atoms with Gasteiger partial charge in [0.1, 0.15) is 5.82 Å². The fraction of sp³-hybridized carbons (Fsp3) is 0.364. The monoisotopic (exact) mass is 252 g/mol. The Labute approximate surface area is 104 Å². The number of aryl methyl sites for hydroxylation is 1. The predicted octanol–water partition coefficient (Wildman–Crippen LogP) is -1.34. The summed E-state index contributed by atoms with van der Waals surface area (Å²) in [5.41, 5.74) is 11.6. The number of hydrogen-bond acceptors (Lipinski definition) is 5. The quantitative estimate of drug-likeness (QED) is 0.578. The first kappa shape index (κ1) is 13.9. The Bertz CT molecular complexity index is 446. The van der Waals surface area contributed by atoms with Gasteiger partial charge in [-0.3, -0.25) is 9.59 Å². The van der Waals surface area contributed by atoms with Crippen LogP contribution in [0.5, 0.6) is 0 Å². The normalized spacial score (nSPS) is 10.1. The highest BCUT2D eigenvalue weighted by molar-refractivity contribution is 5.84. The molecule has 7 nitrogen and oxygen atoms in total. The summed E-state index contributed by atoms with van der Waals surface area (Å²) in [4.78, 5) is 27.4. The third kappa shape index (κ3) is 3.70. The van der Waals surface area contributed by atoms with Crippen LogP contribution in [-0.2, 0) is 16.2 Å². The Balaban J connectivity index is 3.03. The largest absolute Gasteiger partial charge is 0.392 e. The van der Waals surface area contributed by atoms with Crippen molar-refractivity contribution in [2.24, 2.45) is 11.5 Å². The maximum atomic E-state index is 11.0. The van der Waals surface area contributed by atoms with Crippen molar-refractivity contribution >= 4 is 17.6 Å². The minimum Gasteiger partial charge on any atom is -0.392 e. The van der Waals surface area contributed by atoms with Gasteiger partial charge in [0.05, 0.1) is 19.7 Å². The number of aliphatic hydroxyl groups excluding tert-OH is 1.